The third kappa shape index (κ3) is 161. The van der Waals surface area contributed by atoms with Crippen LogP contribution in [0.2, 0.25) is 0 Å². The Morgan fingerprint density at radius 1 is 1.00 bits per heavy atom. The molecule has 0 heterocycles. The minimum atomic E-state index is 0. The molecular weight excluding hydrogens is 168 g/mol. The predicted molar refractivity (Wildman–Crippen MR) is 41.4 cm³/mol. The molecule has 0 fully saturated rings. The largest absolute Gasteiger partial charge is 0.271 e. The molecule has 0 aliphatic carbocycles. The summed E-state index contributed by atoms with van der Waals surface area (Å²) < 4.78 is 17.7. The molecule has 0 N–H and O–H groups in total. The SMILES string of the molecule is C.O=PP.O=PP. The van der Waals surface area contributed by atoms with Crippen LogP contribution in [0.4, 0.5) is 0 Å². The third-order valence-corrected chi connectivity index (χ3v) is 0. The van der Waals surface area contributed by atoms with Crippen LogP contribution >= 0.6 is 34.2 Å². The van der Waals surface area contributed by atoms with Crippen LogP contribution in [-0.4, -0.2) is 0 Å². The Morgan fingerprint density at radius 2 is 1.00 bits per heavy atom. The summed E-state index contributed by atoms with van der Waals surface area (Å²) in [6.07, 6.45) is 0. The minimum absolute atomic E-state index is 0. The fourth-order valence-electron chi connectivity index (χ4n) is 0. The highest BCUT2D eigenvalue weighted by Gasteiger charge is 1.27. The summed E-state index contributed by atoms with van der Waals surface area (Å²) in [5.41, 5.74) is 0. The van der Waals surface area contributed by atoms with Crippen LogP contribution in [0.5, 0.6) is 0 Å². The molecule has 0 spiro atoms. The van der Waals surface area contributed by atoms with Crippen molar-refractivity contribution >= 4 is 34.2 Å². The van der Waals surface area contributed by atoms with Gasteiger partial charge in [0.25, 0.3) is 0 Å². The maximum Gasteiger partial charge on any atom is 0.174 e. The first-order chi connectivity index (χ1) is 2.83. The van der Waals surface area contributed by atoms with Crippen LogP contribution < -0.4 is 0 Å². The standard InChI is InChI=1S/CH4.2H2OP2/c;2*1-3-2/h1H4;2*2H2. The molecule has 7 heavy (non-hydrogen) atoms. The maximum absolute atomic E-state index is 8.87. The zero-order chi connectivity index (χ0) is 5.41. The molecule has 6 heteroatoms. The van der Waals surface area contributed by atoms with Crippen LogP contribution in [0, 0.1) is 0 Å². The Labute approximate surface area is 51.4 Å². The van der Waals surface area contributed by atoms with E-state index in [4.69, 9.17) is 9.13 Å². The van der Waals surface area contributed by atoms with Crippen LogP contribution in [0.1, 0.15) is 7.43 Å². The van der Waals surface area contributed by atoms with Gasteiger partial charge in [-0.25, -0.2) is 0 Å². The Balaban J connectivity index is -0.0000000400. The summed E-state index contributed by atoms with van der Waals surface area (Å²) >= 11 is 0. The van der Waals surface area contributed by atoms with Gasteiger partial charge in [0.15, 0.2) is 16.3 Å². The van der Waals surface area contributed by atoms with Gasteiger partial charge in [-0.1, -0.05) is 7.43 Å². The van der Waals surface area contributed by atoms with Gasteiger partial charge >= 0.3 is 0 Å². The maximum atomic E-state index is 8.87. The molecule has 0 radical (unpaired) electrons. The van der Waals surface area contributed by atoms with Gasteiger partial charge in [-0.15, -0.1) is 0 Å². The highest BCUT2D eigenvalue weighted by molar-refractivity contribution is 7.96. The van der Waals surface area contributed by atoms with E-state index in [2.05, 4.69) is 0 Å². The van der Waals surface area contributed by atoms with Crippen molar-refractivity contribution in [1.82, 2.24) is 0 Å². The summed E-state index contributed by atoms with van der Waals surface area (Å²) in [5.74, 6) is 0. The highest BCUT2D eigenvalue weighted by atomic mass is 32.0. The van der Waals surface area contributed by atoms with Crippen molar-refractivity contribution in [3.05, 3.63) is 0 Å². The zero-order valence-corrected chi connectivity index (χ0v) is 6.96. The van der Waals surface area contributed by atoms with Crippen LogP contribution in [-0.2, 0) is 9.13 Å². The first kappa shape index (κ1) is 15.7. The lowest BCUT2D eigenvalue weighted by Gasteiger charge is -1.21. The van der Waals surface area contributed by atoms with E-state index in [1.807, 2.05) is 17.9 Å². The van der Waals surface area contributed by atoms with E-state index in [0.717, 1.165) is 0 Å². The molecule has 0 saturated carbocycles. The summed E-state index contributed by atoms with van der Waals surface area (Å²) in [5, 5.41) is 0. The van der Waals surface area contributed by atoms with Crippen LogP contribution in [0.3, 0.4) is 0 Å². The molecule has 0 rings (SSSR count). The molecule has 0 aliphatic rings. The molecule has 2 atom stereocenters. The number of hydrogen-bond acceptors (Lipinski definition) is 2. The van der Waals surface area contributed by atoms with E-state index in [9.17, 15) is 0 Å². The second-order valence-electron chi connectivity index (χ2n) is 0.211. The van der Waals surface area contributed by atoms with Crippen molar-refractivity contribution in [2.75, 3.05) is 0 Å². The Kier molecular flexibility index (Phi) is 62.1. The van der Waals surface area contributed by atoms with Crippen molar-refractivity contribution < 1.29 is 9.13 Å². The van der Waals surface area contributed by atoms with Gasteiger partial charge < -0.3 is 0 Å². The molecular formula is CH8O2P4. The third-order valence-electron chi connectivity index (χ3n) is 0. The molecule has 0 aromatic heterocycles. The Bertz CT molecular complexity index is 30.7. The minimum Gasteiger partial charge on any atom is -0.271 e. The fraction of sp³-hybridized carbons (Fsp3) is 1.00. The van der Waals surface area contributed by atoms with Gasteiger partial charge in [0.1, 0.15) is 0 Å². The number of rotatable bonds is 0. The van der Waals surface area contributed by atoms with Gasteiger partial charge in [-0.05, 0) is 17.9 Å². The molecule has 0 bridgehead atoms. The van der Waals surface area contributed by atoms with Crippen molar-refractivity contribution in [3.63, 3.8) is 0 Å². The van der Waals surface area contributed by atoms with E-state index in [0.29, 0.717) is 0 Å². The average Bonchev–Trinajstić information content (AvgIpc) is 1.39. The second kappa shape index (κ2) is 27.7. The lowest BCUT2D eigenvalue weighted by Crippen LogP contribution is -0.679. The zero-order valence-electron chi connectivity index (χ0n) is 2.87. The van der Waals surface area contributed by atoms with Gasteiger partial charge in [0.2, 0.25) is 0 Å². The van der Waals surface area contributed by atoms with E-state index in [1.165, 1.54) is 0 Å². The molecule has 2 nitrogen and oxygen atoms in total. The molecule has 0 aromatic carbocycles. The number of hydrogen-bond donors (Lipinski definition) is 0. The lowest BCUT2D eigenvalue weighted by atomic mass is 12.0. The highest BCUT2D eigenvalue weighted by Crippen LogP contribution is 1.99. The summed E-state index contributed by atoms with van der Waals surface area (Å²) in [4.78, 5) is 0. The van der Waals surface area contributed by atoms with Crippen LogP contribution in [0.15, 0.2) is 0 Å². The van der Waals surface area contributed by atoms with Crippen LogP contribution in [0.25, 0.3) is 0 Å². The van der Waals surface area contributed by atoms with Crippen molar-refractivity contribution in [1.29, 1.82) is 0 Å². The van der Waals surface area contributed by atoms with E-state index in [-0.39, 0.29) is 23.7 Å². The Morgan fingerprint density at radius 3 is 1.00 bits per heavy atom. The van der Waals surface area contributed by atoms with Gasteiger partial charge in [0.05, 0.1) is 0 Å². The molecule has 44 valence electrons. The molecule has 2 unspecified atom stereocenters. The van der Waals surface area contributed by atoms with E-state index < -0.39 is 0 Å². The average molecular weight is 176 g/mol. The Hall–Kier alpha value is 1.06. The van der Waals surface area contributed by atoms with E-state index >= 15 is 0 Å². The predicted octanol–water partition coefficient (Wildman–Crippen LogP) is 2.77. The molecule has 0 saturated heterocycles. The first-order valence-electron chi connectivity index (χ1n) is 0.882. The van der Waals surface area contributed by atoms with Crippen molar-refractivity contribution in [2.45, 2.75) is 7.43 Å². The van der Waals surface area contributed by atoms with Crippen molar-refractivity contribution in [3.8, 4) is 0 Å². The summed E-state index contributed by atoms with van der Waals surface area (Å²) in [6.45, 7) is 0. The fourth-order valence-corrected chi connectivity index (χ4v) is 0. The summed E-state index contributed by atoms with van der Waals surface area (Å²) in [7, 11) is 4.16. The first-order valence-corrected chi connectivity index (χ1v) is 5.74. The van der Waals surface area contributed by atoms with Gasteiger partial charge in [-0.2, -0.15) is 0 Å². The normalized spacial score (nSPS) is 6.00. The molecule has 0 amide bonds. The topological polar surface area (TPSA) is 34.1 Å². The monoisotopic (exact) mass is 176 g/mol. The van der Waals surface area contributed by atoms with Crippen molar-refractivity contribution in [2.24, 2.45) is 0 Å². The van der Waals surface area contributed by atoms with E-state index in [1.54, 1.807) is 0 Å². The molecule has 0 aromatic rings. The van der Waals surface area contributed by atoms with Gasteiger partial charge in [-0.3, -0.25) is 9.13 Å². The smallest absolute Gasteiger partial charge is 0.174 e. The summed E-state index contributed by atoms with van der Waals surface area (Å²) in [6, 6.07) is 0. The van der Waals surface area contributed by atoms with Gasteiger partial charge in [0, 0.05) is 0 Å². The lowest BCUT2D eigenvalue weighted by molar-refractivity contribution is 0.605. The quantitative estimate of drug-likeness (QED) is 0.531. The second-order valence-corrected chi connectivity index (χ2v) is 1.90. The molecule has 0 aliphatic heterocycles.